The van der Waals surface area contributed by atoms with E-state index in [0.717, 1.165) is 36.3 Å². The van der Waals surface area contributed by atoms with Crippen molar-refractivity contribution in [1.82, 2.24) is 14.4 Å². The van der Waals surface area contributed by atoms with Crippen LogP contribution in [0.2, 0.25) is 0 Å². The first-order chi connectivity index (χ1) is 16.3. The van der Waals surface area contributed by atoms with Gasteiger partial charge in [0, 0.05) is 26.3 Å². The number of ether oxygens (including phenoxy) is 2. The number of aryl methyl sites for hydroxylation is 2. The molecule has 4 rings (SSSR count). The van der Waals surface area contributed by atoms with E-state index in [0.29, 0.717) is 26.1 Å². The Labute approximate surface area is 200 Å². The Morgan fingerprint density at radius 3 is 2.62 bits per heavy atom. The predicted octanol–water partition coefficient (Wildman–Crippen LogP) is 2.17. The van der Waals surface area contributed by atoms with Gasteiger partial charge in [-0.05, 0) is 56.4 Å². The van der Waals surface area contributed by atoms with Crippen LogP contribution in [0.4, 0.5) is 0 Å². The molecule has 182 valence electrons. The number of likely N-dealkylation sites (N-methyl/N-ethyl adjacent to an activating group) is 1. The summed E-state index contributed by atoms with van der Waals surface area (Å²) in [5.74, 6) is 0.352. The van der Waals surface area contributed by atoms with Crippen LogP contribution < -0.4 is 10.3 Å². The number of rotatable bonds is 1. The largest absolute Gasteiger partial charge is 0.491 e. The van der Waals surface area contributed by atoms with Gasteiger partial charge in [-0.3, -0.25) is 14.4 Å². The maximum Gasteiger partial charge on any atom is 0.263 e. The molecule has 2 aliphatic rings. The van der Waals surface area contributed by atoms with Crippen molar-refractivity contribution in [1.29, 1.82) is 0 Å². The average molecular weight is 468 g/mol. The highest BCUT2D eigenvalue weighted by Crippen LogP contribution is 2.29. The van der Waals surface area contributed by atoms with Gasteiger partial charge in [-0.2, -0.15) is 0 Å². The lowest BCUT2D eigenvalue weighted by Crippen LogP contribution is -2.61. The van der Waals surface area contributed by atoms with Crippen LogP contribution in [0.3, 0.4) is 0 Å². The molecule has 8 heteroatoms. The van der Waals surface area contributed by atoms with E-state index in [4.69, 9.17) is 9.47 Å². The Kier molecular flexibility index (Phi) is 7.07. The van der Waals surface area contributed by atoms with Crippen LogP contribution in [-0.4, -0.2) is 71.7 Å². The fraction of sp³-hybridized carbons (Fsp3) is 0.500. The van der Waals surface area contributed by atoms with Gasteiger partial charge in [0.15, 0.2) is 5.60 Å². The molecule has 0 aliphatic carbocycles. The molecule has 1 unspecified atom stereocenters. The second kappa shape index (κ2) is 10.0. The SMILES string of the molecule is Cc1ccc(C(=O)N2CCOC3(CCCCc4ccccc4OCCN(C)C3=O)C2)c(=O)n1C. The van der Waals surface area contributed by atoms with E-state index in [1.54, 1.807) is 36.0 Å². The number of hydrogen-bond acceptors (Lipinski definition) is 5. The molecule has 3 heterocycles. The summed E-state index contributed by atoms with van der Waals surface area (Å²) >= 11 is 0. The first-order valence-corrected chi connectivity index (χ1v) is 11.9. The normalized spacial score (nSPS) is 21.9. The quantitative estimate of drug-likeness (QED) is 0.642. The molecule has 1 saturated heterocycles. The maximum absolute atomic E-state index is 13.6. The lowest BCUT2D eigenvalue weighted by molar-refractivity contribution is -0.169. The van der Waals surface area contributed by atoms with Crippen LogP contribution in [-0.2, 0) is 23.0 Å². The fourth-order valence-corrected chi connectivity index (χ4v) is 4.73. The van der Waals surface area contributed by atoms with Crippen LogP contribution in [0.1, 0.15) is 40.9 Å². The first-order valence-electron chi connectivity index (χ1n) is 11.9. The molecule has 0 saturated carbocycles. The number of aromatic nitrogens is 1. The molecule has 1 aromatic heterocycles. The molecule has 1 fully saturated rings. The number of para-hydroxylation sites is 1. The number of hydrogen-bond donors (Lipinski definition) is 0. The second-order valence-corrected chi connectivity index (χ2v) is 9.21. The van der Waals surface area contributed by atoms with Crippen LogP contribution >= 0.6 is 0 Å². The number of pyridine rings is 1. The van der Waals surface area contributed by atoms with E-state index in [-0.39, 0.29) is 36.1 Å². The summed E-state index contributed by atoms with van der Waals surface area (Å²) in [6.45, 7) is 3.31. The van der Waals surface area contributed by atoms with Crippen molar-refractivity contribution in [2.24, 2.45) is 7.05 Å². The number of morpholine rings is 1. The van der Waals surface area contributed by atoms with Crippen molar-refractivity contribution in [3.05, 3.63) is 63.6 Å². The van der Waals surface area contributed by atoms with Gasteiger partial charge in [0.2, 0.25) is 0 Å². The maximum atomic E-state index is 13.6. The van der Waals surface area contributed by atoms with Crippen LogP contribution in [0.5, 0.6) is 5.75 Å². The minimum absolute atomic E-state index is 0.115. The van der Waals surface area contributed by atoms with Gasteiger partial charge in [-0.15, -0.1) is 0 Å². The summed E-state index contributed by atoms with van der Waals surface area (Å²) in [5, 5.41) is 0. The monoisotopic (exact) mass is 467 g/mol. The third kappa shape index (κ3) is 4.73. The van der Waals surface area contributed by atoms with Crippen molar-refractivity contribution >= 4 is 11.8 Å². The topological polar surface area (TPSA) is 81.1 Å². The van der Waals surface area contributed by atoms with Crippen LogP contribution in [0, 0.1) is 6.92 Å². The molecule has 2 aromatic rings. The molecular formula is C26H33N3O5. The summed E-state index contributed by atoms with van der Waals surface area (Å²) in [6, 6.07) is 11.3. The highest BCUT2D eigenvalue weighted by molar-refractivity contribution is 5.95. The molecular weight excluding hydrogens is 434 g/mol. The molecule has 0 N–H and O–H groups in total. The summed E-state index contributed by atoms with van der Waals surface area (Å²) in [6.07, 6.45) is 2.99. The van der Waals surface area contributed by atoms with Crippen molar-refractivity contribution in [2.45, 2.75) is 38.2 Å². The number of nitrogens with zero attached hydrogens (tertiary/aromatic N) is 3. The van der Waals surface area contributed by atoms with E-state index in [1.165, 1.54) is 4.57 Å². The Balaban J connectivity index is 1.57. The molecule has 34 heavy (non-hydrogen) atoms. The third-order valence-electron chi connectivity index (χ3n) is 6.93. The lowest BCUT2D eigenvalue weighted by Gasteiger charge is -2.43. The Bertz CT molecular complexity index is 1130. The van der Waals surface area contributed by atoms with E-state index < -0.39 is 5.60 Å². The standard InChI is InChI=1S/C26H33N3O5/c1-19-11-12-21(23(30)28(19)3)24(31)29-15-17-34-26(18-29)13-7-6-9-20-8-4-5-10-22(20)33-16-14-27(2)25(26)32/h4-5,8,10-12H,6-7,9,13-18H2,1-3H3. The number of amides is 2. The summed E-state index contributed by atoms with van der Waals surface area (Å²) in [4.78, 5) is 42.9. The van der Waals surface area contributed by atoms with E-state index in [2.05, 4.69) is 6.07 Å². The fourth-order valence-electron chi connectivity index (χ4n) is 4.73. The zero-order chi connectivity index (χ0) is 24.3. The van der Waals surface area contributed by atoms with Gasteiger partial charge in [0.05, 0.1) is 19.7 Å². The third-order valence-corrected chi connectivity index (χ3v) is 6.93. The highest BCUT2D eigenvalue weighted by atomic mass is 16.5. The van der Waals surface area contributed by atoms with Crippen molar-refractivity contribution in [3.63, 3.8) is 0 Å². The van der Waals surface area contributed by atoms with Gasteiger partial charge >= 0.3 is 0 Å². The molecule has 1 atom stereocenters. The van der Waals surface area contributed by atoms with Crippen LogP contribution in [0.25, 0.3) is 0 Å². The Hall–Kier alpha value is -3.13. The molecule has 1 aromatic carbocycles. The number of carbonyl (C=O) groups is 2. The number of fused-ring (bicyclic) bond motifs is 1. The van der Waals surface area contributed by atoms with Crippen molar-refractivity contribution < 1.29 is 19.1 Å². The number of carbonyl (C=O) groups excluding carboxylic acids is 2. The summed E-state index contributed by atoms with van der Waals surface area (Å²) < 4.78 is 13.6. The van der Waals surface area contributed by atoms with E-state index in [1.807, 2.05) is 25.1 Å². The Morgan fingerprint density at radius 1 is 1.00 bits per heavy atom. The van der Waals surface area contributed by atoms with E-state index >= 15 is 0 Å². The van der Waals surface area contributed by atoms with Gasteiger partial charge in [-0.1, -0.05) is 18.2 Å². The van der Waals surface area contributed by atoms with Crippen LogP contribution in [0.15, 0.2) is 41.2 Å². The molecule has 2 aliphatic heterocycles. The minimum atomic E-state index is -1.13. The minimum Gasteiger partial charge on any atom is -0.491 e. The zero-order valence-electron chi connectivity index (χ0n) is 20.2. The predicted molar refractivity (Wildman–Crippen MR) is 128 cm³/mol. The van der Waals surface area contributed by atoms with E-state index in [9.17, 15) is 14.4 Å². The van der Waals surface area contributed by atoms with Gasteiger partial charge in [0.1, 0.15) is 17.9 Å². The summed E-state index contributed by atoms with van der Waals surface area (Å²) in [7, 11) is 3.39. The lowest BCUT2D eigenvalue weighted by atomic mass is 9.91. The smallest absolute Gasteiger partial charge is 0.263 e. The molecule has 1 spiro atoms. The molecule has 8 nitrogen and oxygen atoms in total. The number of benzene rings is 1. The highest BCUT2D eigenvalue weighted by Gasteiger charge is 2.46. The van der Waals surface area contributed by atoms with Gasteiger partial charge < -0.3 is 23.8 Å². The van der Waals surface area contributed by atoms with Gasteiger partial charge in [0.25, 0.3) is 17.4 Å². The van der Waals surface area contributed by atoms with Crippen molar-refractivity contribution in [2.75, 3.05) is 39.9 Å². The molecule has 2 amide bonds. The molecule has 0 bridgehead atoms. The Morgan fingerprint density at radius 2 is 1.79 bits per heavy atom. The molecule has 0 radical (unpaired) electrons. The van der Waals surface area contributed by atoms with Gasteiger partial charge in [-0.25, -0.2) is 0 Å². The first kappa shape index (κ1) is 24.0. The average Bonchev–Trinajstić information content (AvgIpc) is 2.84. The zero-order valence-corrected chi connectivity index (χ0v) is 20.2. The van der Waals surface area contributed by atoms with Crippen molar-refractivity contribution in [3.8, 4) is 5.75 Å². The summed E-state index contributed by atoms with van der Waals surface area (Å²) in [5.41, 5.74) is 0.590. The second-order valence-electron chi connectivity index (χ2n) is 9.21.